The minimum Gasteiger partial charge on any atom is -0.496 e. The Morgan fingerprint density at radius 1 is 1.15 bits per heavy atom. The molecule has 2 rings (SSSR count). The van der Waals surface area contributed by atoms with Crippen LogP contribution in [0.5, 0.6) is 5.75 Å². The number of ether oxygens (including phenoxy) is 1. The van der Waals surface area contributed by atoms with Gasteiger partial charge in [-0.15, -0.1) is 0 Å². The van der Waals surface area contributed by atoms with Crippen molar-refractivity contribution in [2.75, 3.05) is 12.8 Å². The lowest BCUT2D eigenvalue weighted by Crippen LogP contribution is -2.08. The number of para-hydroxylation sites is 1. The Morgan fingerprint density at radius 2 is 1.85 bits per heavy atom. The Labute approximate surface area is 126 Å². The van der Waals surface area contributed by atoms with Crippen LogP contribution < -0.4 is 10.5 Å². The number of carbonyl (C=O) groups excluding carboxylic acids is 1. The summed E-state index contributed by atoms with van der Waals surface area (Å²) in [6.07, 6.45) is 0. The first-order valence-electron chi connectivity index (χ1n) is 6.19. The van der Waals surface area contributed by atoms with Crippen LogP contribution in [0.25, 0.3) is 0 Å². The van der Waals surface area contributed by atoms with Crippen molar-refractivity contribution in [3.8, 4) is 5.75 Å². The van der Waals surface area contributed by atoms with Gasteiger partial charge in [-0.2, -0.15) is 0 Å². The molecular weight excluding hydrogens is 318 g/mol. The highest BCUT2D eigenvalue weighted by Gasteiger charge is 2.18. The predicted octanol–water partition coefficient (Wildman–Crippen LogP) is 3.89. The lowest BCUT2D eigenvalue weighted by Gasteiger charge is -2.12. The zero-order valence-corrected chi connectivity index (χ0v) is 13.2. The van der Waals surface area contributed by atoms with Crippen LogP contribution in [-0.2, 0) is 0 Å². The summed E-state index contributed by atoms with van der Waals surface area (Å²) >= 11 is 3.44. The Balaban J connectivity index is 2.59. The third-order valence-electron chi connectivity index (χ3n) is 3.29. The van der Waals surface area contributed by atoms with Crippen LogP contribution >= 0.6 is 15.9 Å². The zero-order chi connectivity index (χ0) is 14.9. The Bertz CT molecular complexity index is 680. The van der Waals surface area contributed by atoms with E-state index in [0.29, 0.717) is 22.6 Å². The molecule has 0 aromatic heterocycles. The zero-order valence-electron chi connectivity index (χ0n) is 11.7. The minimum absolute atomic E-state index is 0.135. The average molecular weight is 334 g/mol. The van der Waals surface area contributed by atoms with Gasteiger partial charge in [-0.3, -0.25) is 4.79 Å². The number of rotatable bonds is 3. The van der Waals surface area contributed by atoms with Crippen LogP contribution in [0, 0.1) is 13.8 Å². The van der Waals surface area contributed by atoms with Crippen molar-refractivity contribution in [1.29, 1.82) is 0 Å². The first-order chi connectivity index (χ1) is 9.45. The van der Waals surface area contributed by atoms with E-state index in [4.69, 9.17) is 10.5 Å². The molecule has 0 fully saturated rings. The number of nitrogens with two attached hydrogens (primary N) is 1. The second-order valence-electron chi connectivity index (χ2n) is 4.67. The molecular formula is C16H16BrNO2. The number of aryl methyl sites for hydroxylation is 2. The second kappa shape index (κ2) is 5.67. The molecule has 104 valence electrons. The molecule has 0 amide bonds. The Kier molecular flexibility index (Phi) is 4.14. The van der Waals surface area contributed by atoms with E-state index in [2.05, 4.69) is 15.9 Å². The number of hydrogen-bond acceptors (Lipinski definition) is 3. The molecule has 0 radical (unpaired) electrons. The molecule has 0 aliphatic rings. The lowest BCUT2D eigenvalue weighted by molar-refractivity contribution is 0.103. The second-order valence-corrected chi connectivity index (χ2v) is 5.52. The topological polar surface area (TPSA) is 52.3 Å². The van der Waals surface area contributed by atoms with Crippen molar-refractivity contribution >= 4 is 27.4 Å². The van der Waals surface area contributed by atoms with Gasteiger partial charge in [-0.25, -0.2) is 0 Å². The molecule has 0 spiro atoms. The molecule has 0 saturated carbocycles. The molecule has 2 N–H and O–H groups in total. The third kappa shape index (κ3) is 2.56. The summed E-state index contributed by atoms with van der Waals surface area (Å²) < 4.78 is 6.18. The molecule has 0 heterocycles. The van der Waals surface area contributed by atoms with Crippen molar-refractivity contribution in [1.82, 2.24) is 0 Å². The molecule has 20 heavy (non-hydrogen) atoms. The van der Waals surface area contributed by atoms with Gasteiger partial charge < -0.3 is 10.5 Å². The van der Waals surface area contributed by atoms with Gasteiger partial charge in [-0.05, 0) is 43.2 Å². The van der Waals surface area contributed by atoms with Crippen molar-refractivity contribution < 1.29 is 9.53 Å². The van der Waals surface area contributed by atoms with E-state index in [1.807, 2.05) is 32.0 Å². The number of hydrogen-bond donors (Lipinski definition) is 1. The van der Waals surface area contributed by atoms with Crippen molar-refractivity contribution in [2.24, 2.45) is 0 Å². The van der Waals surface area contributed by atoms with Crippen molar-refractivity contribution in [2.45, 2.75) is 13.8 Å². The largest absolute Gasteiger partial charge is 0.496 e. The van der Waals surface area contributed by atoms with Gasteiger partial charge >= 0.3 is 0 Å². The summed E-state index contributed by atoms with van der Waals surface area (Å²) in [5, 5.41) is 0. The van der Waals surface area contributed by atoms with E-state index in [9.17, 15) is 4.79 Å². The number of halogens is 1. The maximum absolute atomic E-state index is 12.7. The van der Waals surface area contributed by atoms with Gasteiger partial charge in [0.05, 0.1) is 12.7 Å². The highest BCUT2D eigenvalue weighted by Crippen LogP contribution is 2.30. The van der Waals surface area contributed by atoms with E-state index < -0.39 is 0 Å². The van der Waals surface area contributed by atoms with Crippen LogP contribution in [0.2, 0.25) is 0 Å². The highest BCUT2D eigenvalue weighted by molar-refractivity contribution is 9.10. The van der Waals surface area contributed by atoms with Crippen LogP contribution in [0.4, 0.5) is 5.69 Å². The number of nitrogen functional groups attached to an aromatic ring is 1. The maximum atomic E-state index is 12.7. The smallest absolute Gasteiger partial charge is 0.198 e. The summed E-state index contributed by atoms with van der Waals surface area (Å²) in [6, 6.07) is 9.06. The average Bonchev–Trinajstić information content (AvgIpc) is 2.43. The first kappa shape index (κ1) is 14.6. The van der Waals surface area contributed by atoms with Crippen LogP contribution in [0.15, 0.2) is 34.8 Å². The Hall–Kier alpha value is -1.81. The molecule has 0 atom stereocenters. The maximum Gasteiger partial charge on any atom is 0.198 e. The molecule has 0 saturated heterocycles. The Morgan fingerprint density at radius 3 is 2.50 bits per heavy atom. The lowest BCUT2D eigenvalue weighted by atomic mass is 9.98. The van der Waals surface area contributed by atoms with Gasteiger partial charge in [0.2, 0.25) is 0 Å². The molecule has 2 aromatic carbocycles. The van der Waals surface area contributed by atoms with E-state index in [1.54, 1.807) is 19.2 Å². The van der Waals surface area contributed by atoms with Gasteiger partial charge in [0.25, 0.3) is 0 Å². The van der Waals surface area contributed by atoms with Gasteiger partial charge in [-0.1, -0.05) is 28.1 Å². The molecule has 3 nitrogen and oxygen atoms in total. The van der Waals surface area contributed by atoms with Gasteiger partial charge in [0.15, 0.2) is 5.78 Å². The molecule has 0 aliphatic carbocycles. The number of anilines is 1. The molecule has 4 heteroatoms. The van der Waals surface area contributed by atoms with Crippen LogP contribution in [0.3, 0.4) is 0 Å². The molecule has 2 aromatic rings. The highest BCUT2D eigenvalue weighted by atomic mass is 79.9. The van der Waals surface area contributed by atoms with E-state index >= 15 is 0 Å². The molecule has 0 aliphatic heterocycles. The minimum atomic E-state index is -0.135. The number of benzene rings is 2. The van der Waals surface area contributed by atoms with Crippen molar-refractivity contribution in [3.63, 3.8) is 0 Å². The number of methoxy groups -OCH3 is 1. The standard InChI is InChI=1S/C16H16BrNO2/c1-9-5-4-6-11(15(9)18)16(19)12-8-13(17)10(2)7-14(12)20-3/h4-8H,18H2,1-3H3. The molecule has 0 unspecified atom stereocenters. The SMILES string of the molecule is COc1cc(C)c(Br)cc1C(=O)c1cccc(C)c1N. The number of ketones is 1. The van der Waals surface area contributed by atoms with Gasteiger partial charge in [0, 0.05) is 15.7 Å². The van der Waals surface area contributed by atoms with Gasteiger partial charge in [0.1, 0.15) is 5.75 Å². The summed E-state index contributed by atoms with van der Waals surface area (Å²) in [5.74, 6) is 0.417. The van der Waals surface area contributed by atoms with E-state index in [0.717, 1.165) is 15.6 Å². The first-order valence-corrected chi connectivity index (χ1v) is 6.99. The van der Waals surface area contributed by atoms with Crippen molar-refractivity contribution in [3.05, 3.63) is 57.1 Å². The third-order valence-corrected chi connectivity index (χ3v) is 4.15. The van der Waals surface area contributed by atoms with Crippen LogP contribution in [-0.4, -0.2) is 12.9 Å². The fourth-order valence-corrected chi connectivity index (χ4v) is 2.37. The summed E-state index contributed by atoms with van der Waals surface area (Å²) in [4.78, 5) is 12.7. The fraction of sp³-hybridized carbons (Fsp3) is 0.188. The quantitative estimate of drug-likeness (QED) is 0.684. The summed E-state index contributed by atoms with van der Waals surface area (Å²) in [5.41, 5.74) is 9.42. The molecule has 0 bridgehead atoms. The fourth-order valence-electron chi connectivity index (χ4n) is 2.03. The van der Waals surface area contributed by atoms with Crippen LogP contribution in [0.1, 0.15) is 27.0 Å². The van der Waals surface area contributed by atoms with E-state index in [-0.39, 0.29) is 5.78 Å². The predicted molar refractivity (Wildman–Crippen MR) is 84.5 cm³/mol. The normalized spacial score (nSPS) is 10.4. The van der Waals surface area contributed by atoms with E-state index in [1.165, 1.54) is 0 Å². The monoisotopic (exact) mass is 333 g/mol. The summed E-state index contributed by atoms with van der Waals surface area (Å²) in [7, 11) is 1.55. The number of carbonyl (C=O) groups is 1. The summed E-state index contributed by atoms with van der Waals surface area (Å²) in [6.45, 7) is 3.83.